The minimum absolute atomic E-state index is 0.0669. The van der Waals surface area contributed by atoms with Crippen LogP contribution in [0.1, 0.15) is 25.1 Å². The molecule has 7 heteroatoms. The van der Waals surface area contributed by atoms with E-state index in [1.165, 1.54) is 39.3 Å². The number of methoxy groups -OCH3 is 1. The lowest BCUT2D eigenvalue weighted by molar-refractivity contribution is -2.00. The SMILES string of the molecule is COc1ccc(-c2cc(-c3ccccc3)[n+]3c(c2)C(C)(C)c2ccccc2-3)cc1.[O-][Cl+3]([O-])([O-])[O-]. The van der Waals surface area contributed by atoms with E-state index in [4.69, 9.17) is 23.4 Å². The second-order valence-electron chi connectivity index (χ2n) is 8.46. The number of pyridine rings is 1. The molecule has 1 aromatic heterocycles. The fraction of sp³-hybridized carbons (Fsp3) is 0.148. The molecular formula is C27H24ClNO5. The van der Waals surface area contributed by atoms with Crippen LogP contribution in [0.5, 0.6) is 5.75 Å². The Balaban J connectivity index is 0.000000499. The van der Waals surface area contributed by atoms with Crippen LogP contribution in [0.4, 0.5) is 0 Å². The van der Waals surface area contributed by atoms with E-state index in [9.17, 15) is 0 Å². The molecule has 0 saturated heterocycles. The highest BCUT2D eigenvalue weighted by Crippen LogP contribution is 2.41. The Morgan fingerprint density at radius 2 is 1.29 bits per heavy atom. The summed E-state index contributed by atoms with van der Waals surface area (Å²) in [5, 5.41) is 0. The quantitative estimate of drug-likeness (QED) is 0.412. The first kappa shape index (κ1) is 23.9. The molecule has 4 aromatic rings. The van der Waals surface area contributed by atoms with Crippen LogP contribution in [0.15, 0.2) is 91.0 Å². The van der Waals surface area contributed by atoms with Crippen molar-refractivity contribution in [2.45, 2.75) is 19.3 Å². The zero-order valence-electron chi connectivity index (χ0n) is 19.0. The van der Waals surface area contributed by atoms with Crippen molar-refractivity contribution in [1.29, 1.82) is 0 Å². The van der Waals surface area contributed by atoms with Gasteiger partial charge in [-0.05, 0) is 49.2 Å². The molecule has 0 radical (unpaired) electrons. The van der Waals surface area contributed by atoms with Gasteiger partial charge >= 0.3 is 0 Å². The number of hydrogen-bond donors (Lipinski definition) is 0. The molecule has 6 nitrogen and oxygen atoms in total. The molecule has 0 saturated carbocycles. The number of benzene rings is 3. The molecule has 0 unspecified atom stereocenters. The summed E-state index contributed by atoms with van der Waals surface area (Å²) in [5.74, 6) is 0.875. The summed E-state index contributed by atoms with van der Waals surface area (Å²) in [5.41, 5.74) is 8.73. The number of ether oxygens (including phenoxy) is 1. The molecule has 0 N–H and O–H groups in total. The monoisotopic (exact) mass is 477 g/mol. The van der Waals surface area contributed by atoms with E-state index in [0.29, 0.717) is 0 Å². The first-order valence-corrected chi connectivity index (χ1v) is 11.8. The van der Waals surface area contributed by atoms with Crippen LogP contribution < -0.4 is 27.9 Å². The Morgan fingerprint density at radius 3 is 1.91 bits per heavy atom. The molecule has 174 valence electrons. The Morgan fingerprint density at radius 1 is 0.706 bits per heavy atom. The number of hydrogen-bond acceptors (Lipinski definition) is 5. The van der Waals surface area contributed by atoms with E-state index in [0.717, 1.165) is 5.75 Å². The zero-order valence-corrected chi connectivity index (χ0v) is 19.8. The highest BCUT2D eigenvalue weighted by Gasteiger charge is 2.45. The molecule has 34 heavy (non-hydrogen) atoms. The minimum Gasteiger partial charge on any atom is -0.497 e. The number of para-hydroxylation sites is 1. The van der Waals surface area contributed by atoms with Gasteiger partial charge in [0.2, 0.25) is 11.4 Å². The maximum atomic E-state index is 8.49. The Kier molecular flexibility index (Phi) is 6.45. The average molecular weight is 478 g/mol. The Hall–Kier alpha value is -3.26. The van der Waals surface area contributed by atoms with E-state index in [2.05, 4.69) is 97.3 Å². The van der Waals surface area contributed by atoms with Crippen LogP contribution in [-0.4, -0.2) is 7.11 Å². The summed E-state index contributed by atoms with van der Waals surface area (Å²) in [6.07, 6.45) is 0. The van der Waals surface area contributed by atoms with Gasteiger partial charge in [0.25, 0.3) is 0 Å². The van der Waals surface area contributed by atoms with Crippen LogP contribution in [-0.2, 0) is 5.41 Å². The number of halogens is 1. The van der Waals surface area contributed by atoms with Gasteiger partial charge in [-0.25, -0.2) is 18.6 Å². The van der Waals surface area contributed by atoms with Crippen LogP contribution in [0.25, 0.3) is 28.1 Å². The molecular weight excluding hydrogens is 454 g/mol. The number of fused-ring (bicyclic) bond motifs is 3. The van der Waals surface area contributed by atoms with Crippen LogP contribution in [0.3, 0.4) is 0 Å². The lowest BCUT2D eigenvalue weighted by Crippen LogP contribution is -2.68. The smallest absolute Gasteiger partial charge is 0.219 e. The summed E-state index contributed by atoms with van der Waals surface area (Å²) in [6, 6.07) is 32.4. The van der Waals surface area contributed by atoms with Crippen LogP contribution in [0, 0.1) is 10.2 Å². The van der Waals surface area contributed by atoms with E-state index in [-0.39, 0.29) is 5.41 Å². The normalized spacial score (nSPS) is 13.4. The minimum atomic E-state index is -4.94. The third kappa shape index (κ3) is 4.82. The van der Waals surface area contributed by atoms with Crippen molar-refractivity contribution in [2.24, 2.45) is 0 Å². The van der Waals surface area contributed by atoms with Gasteiger partial charge in [-0.15, -0.1) is 10.2 Å². The topological polar surface area (TPSA) is 105 Å². The van der Waals surface area contributed by atoms with Crippen molar-refractivity contribution in [3.63, 3.8) is 0 Å². The molecule has 5 rings (SSSR count). The number of nitrogens with zero attached hydrogens (tertiary/aromatic N) is 1. The lowest BCUT2D eigenvalue weighted by atomic mass is 9.82. The van der Waals surface area contributed by atoms with Crippen molar-refractivity contribution >= 4 is 0 Å². The highest BCUT2D eigenvalue weighted by molar-refractivity contribution is 5.71. The summed E-state index contributed by atoms with van der Waals surface area (Å²) in [7, 11) is -3.24. The van der Waals surface area contributed by atoms with Crippen molar-refractivity contribution in [3.8, 4) is 33.8 Å². The van der Waals surface area contributed by atoms with E-state index in [1.54, 1.807) is 7.11 Å². The highest BCUT2D eigenvalue weighted by atomic mass is 35.7. The van der Waals surface area contributed by atoms with Gasteiger partial charge in [-0.2, -0.15) is 4.57 Å². The van der Waals surface area contributed by atoms with Gasteiger partial charge < -0.3 is 4.74 Å². The molecule has 0 amide bonds. The fourth-order valence-corrected chi connectivity index (χ4v) is 4.42. The van der Waals surface area contributed by atoms with Gasteiger partial charge in [-0.1, -0.05) is 48.5 Å². The first-order valence-electron chi connectivity index (χ1n) is 10.6. The largest absolute Gasteiger partial charge is 0.497 e. The third-order valence-corrected chi connectivity index (χ3v) is 6.02. The summed E-state index contributed by atoms with van der Waals surface area (Å²) >= 11 is 0. The maximum Gasteiger partial charge on any atom is 0.219 e. The first-order chi connectivity index (χ1) is 16.1. The predicted molar refractivity (Wildman–Crippen MR) is 118 cm³/mol. The number of aromatic nitrogens is 1. The molecule has 1 aliphatic rings. The van der Waals surface area contributed by atoms with Gasteiger partial charge in [0.05, 0.1) is 12.5 Å². The Bertz CT molecular complexity index is 1290. The lowest BCUT2D eigenvalue weighted by Gasteiger charge is -2.17. The third-order valence-electron chi connectivity index (χ3n) is 6.02. The van der Waals surface area contributed by atoms with Gasteiger partial charge in [0.1, 0.15) is 5.75 Å². The van der Waals surface area contributed by atoms with Crippen molar-refractivity contribution in [1.82, 2.24) is 0 Å². The van der Waals surface area contributed by atoms with Crippen molar-refractivity contribution in [2.75, 3.05) is 7.11 Å². The van der Waals surface area contributed by atoms with Gasteiger partial charge in [0.15, 0.2) is 5.69 Å². The molecule has 0 bridgehead atoms. The fourth-order valence-electron chi connectivity index (χ4n) is 4.42. The summed E-state index contributed by atoms with van der Waals surface area (Å²) in [6.45, 7) is 4.63. The van der Waals surface area contributed by atoms with Crippen molar-refractivity contribution in [3.05, 3.63) is 102 Å². The number of rotatable bonds is 3. The van der Waals surface area contributed by atoms with E-state index < -0.39 is 10.2 Å². The maximum absolute atomic E-state index is 8.49. The second-order valence-corrected chi connectivity index (χ2v) is 9.22. The molecule has 0 spiro atoms. The predicted octanol–water partition coefficient (Wildman–Crippen LogP) is 1.19. The van der Waals surface area contributed by atoms with Crippen LogP contribution in [0.2, 0.25) is 0 Å². The Labute approximate surface area is 200 Å². The molecule has 0 atom stereocenters. The molecule has 0 fully saturated rings. The standard InChI is InChI=1S/C27H24NO.ClHO4/c1-27(2)23-11-7-8-12-24(23)28-25(20-9-5-4-6-10-20)17-21(18-26(27)28)19-13-15-22(29-3)16-14-19;2-1(3,4)5/h4-18H,1-3H3;(H,2,3,4,5)/q+1;/p-1. The zero-order chi connectivity index (χ0) is 24.5. The molecule has 3 aromatic carbocycles. The van der Waals surface area contributed by atoms with Gasteiger partial charge in [0, 0.05) is 29.3 Å². The van der Waals surface area contributed by atoms with Gasteiger partial charge in [-0.3, -0.25) is 0 Å². The van der Waals surface area contributed by atoms with Crippen LogP contribution >= 0.6 is 0 Å². The average Bonchev–Trinajstić information content (AvgIpc) is 3.05. The molecule has 0 aliphatic carbocycles. The van der Waals surface area contributed by atoms with E-state index >= 15 is 0 Å². The van der Waals surface area contributed by atoms with Crippen molar-refractivity contribution < 1.29 is 38.2 Å². The van der Waals surface area contributed by atoms with E-state index in [1.807, 2.05) is 12.1 Å². The molecule has 1 aliphatic heterocycles. The molecule has 2 heterocycles. The summed E-state index contributed by atoms with van der Waals surface area (Å²) in [4.78, 5) is 0. The second kappa shape index (κ2) is 9.18. The summed E-state index contributed by atoms with van der Waals surface area (Å²) < 4.78 is 41.7.